The Balaban J connectivity index is 1.61. The SMILES string of the molecule is O=C(NC1CCCCC1)c1cccc(COc2ccccc2Br)c1. The molecule has 1 aliphatic rings. The number of hydrogen-bond donors (Lipinski definition) is 1. The van der Waals surface area contributed by atoms with Crippen molar-refractivity contribution in [2.75, 3.05) is 0 Å². The van der Waals surface area contributed by atoms with E-state index in [1.165, 1.54) is 19.3 Å². The van der Waals surface area contributed by atoms with Crippen molar-refractivity contribution in [2.45, 2.75) is 44.8 Å². The van der Waals surface area contributed by atoms with E-state index in [0.29, 0.717) is 18.2 Å². The Morgan fingerprint density at radius 2 is 1.88 bits per heavy atom. The minimum absolute atomic E-state index is 0.0182. The van der Waals surface area contributed by atoms with Gasteiger partial charge in [0.1, 0.15) is 12.4 Å². The normalized spacial score (nSPS) is 15.0. The lowest BCUT2D eigenvalue weighted by molar-refractivity contribution is 0.0927. The fourth-order valence-electron chi connectivity index (χ4n) is 3.04. The third-order valence-electron chi connectivity index (χ3n) is 4.36. The van der Waals surface area contributed by atoms with E-state index in [1.54, 1.807) is 0 Å². The number of amides is 1. The van der Waals surface area contributed by atoms with Gasteiger partial charge in [-0.15, -0.1) is 0 Å². The van der Waals surface area contributed by atoms with Crippen LogP contribution in [0.25, 0.3) is 0 Å². The molecule has 1 aliphatic carbocycles. The second kappa shape index (κ2) is 8.34. The Labute approximate surface area is 151 Å². The molecule has 0 bridgehead atoms. The first-order chi connectivity index (χ1) is 11.7. The quantitative estimate of drug-likeness (QED) is 0.775. The molecule has 0 spiro atoms. The monoisotopic (exact) mass is 387 g/mol. The van der Waals surface area contributed by atoms with Crippen LogP contribution in [-0.4, -0.2) is 11.9 Å². The number of hydrogen-bond acceptors (Lipinski definition) is 2. The van der Waals surface area contributed by atoms with E-state index in [9.17, 15) is 4.79 Å². The van der Waals surface area contributed by atoms with Gasteiger partial charge in [-0.1, -0.05) is 43.5 Å². The third-order valence-corrected chi connectivity index (χ3v) is 5.02. The average molecular weight is 388 g/mol. The molecule has 2 aromatic carbocycles. The molecular formula is C20H22BrNO2. The first-order valence-corrected chi connectivity index (χ1v) is 9.29. The minimum Gasteiger partial charge on any atom is -0.488 e. The van der Waals surface area contributed by atoms with Crippen LogP contribution < -0.4 is 10.1 Å². The van der Waals surface area contributed by atoms with Gasteiger partial charge in [-0.3, -0.25) is 4.79 Å². The topological polar surface area (TPSA) is 38.3 Å². The molecule has 0 saturated heterocycles. The maximum Gasteiger partial charge on any atom is 0.251 e. The highest BCUT2D eigenvalue weighted by Crippen LogP contribution is 2.25. The summed E-state index contributed by atoms with van der Waals surface area (Å²) in [5.41, 5.74) is 1.69. The van der Waals surface area contributed by atoms with Crippen LogP contribution in [0.2, 0.25) is 0 Å². The van der Waals surface area contributed by atoms with Gasteiger partial charge in [-0.2, -0.15) is 0 Å². The molecule has 0 heterocycles. The van der Waals surface area contributed by atoms with E-state index in [4.69, 9.17) is 4.74 Å². The van der Waals surface area contributed by atoms with Gasteiger partial charge in [-0.05, 0) is 58.6 Å². The second-order valence-electron chi connectivity index (χ2n) is 6.23. The summed E-state index contributed by atoms with van der Waals surface area (Å²) in [6.07, 6.45) is 5.90. The van der Waals surface area contributed by atoms with E-state index < -0.39 is 0 Å². The van der Waals surface area contributed by atoms with Crippen LogP contribution in [0.5, 0.6) is 5.75 Å². The van der Waals surface area contributed by atoms with Gasteiger partial charge in [0.15, 0.2) is 0 Å². The standard InChI is InChI=1S/C20H22BrNO2/c21-18-11-4-5-12-19(18)24-14-15-7-6-8-16(13-15)20(23)22-17-9-2-1-3-10-17/h4-8,11-13,17H,1-3,9-10,14H2,(H,22,23). The molecule has 126 valence electrons. The van der Waals surface area contributed by atoms with Gasteiger partial charge in [-0.25, -0.2) is 0 Å². The summed E-state index contributed by atoms with van der Waals surface area (Å²) in [5.74, 6) is 0.819. The lowest BCUT2D eigenvalue weighted by atomic mass is 9.95. The van der Waals surface area contributed by atoms with Gasteiger partial charge < -0.3 is 10.1 Å². The second-order valence-corrected chi connectivity index (χ2v) is 7.08. The van der Waals surface area contributed by atoms with Gasteiger partial charge >= 0.3 is 0 Å². The van der Waals surface area contributed by atoms with Crippen LogP contribution in [0.1, 0.15) is 48.0 Å². The fraction of sp³-hybridized carbons (Fsp3) is 0.350. The summed E-state index contributed by atoms with van der Waals surface area (Å²) in [6.45, 7) is 0.438. The van der Waals surface area contributed by atoms with Crippen LogP contribution >= 0.6 is 15.9 Å². The number of halogens is 1. The van der Waals surface area contributed by atoms with Crippen molar-refractivity contribution in [1.82, 2.24) is 5.32 Å². The summed E-state index contributed by atoms with van der Waals surface area (Å²) in [6, 6.07) is 15.7. The van der Waals surface area contributed by atoms with E-state index >= 15 is 0 Å². The largest absolute Gasteiger partial charge is 0.488 e. The summed E-state index contributed by atoms with van der Waals surface area (Å²) in [7, 11) is 0. The zero-order valence-corrected chi connectivity index (χ0v) is 15.2. The van der Waals surface area contributed by atoms with Crippen molar-refractivity contribution in [3.63, 3.8) is 0 Å². The molecule has 3 nitrogen and oxygen atoms in total. The molecule has 0 aromatic heterocycles. The number of nitrogens with one attached hydrogen (secondary N) is 1. The number of benzene rings is 2. The molecule has 0 aliphatic heterocycles. The van der Waals surface area contributed by atoms with E-state index in [0.717, 1.165) is 28.6 Å². The number of carbonyl (C=O) groups excluding carboxylic acids is 1. The first-order valence-electron chi connectivity index (χ1n) is 8.49. The van der Waals surface area contributed by atoms with Crippen molar-refractivity contribution < 1.29 is 9.53 Å². The first kappa shape index (κ1) is 17.0. The minimum atomic E-state index is 0.0182. The molecule has 1 amide bonds. The maximum absolute atomic E-state index is 12.4. The van der Waals surface area contributed by atoms with E-state index in [1.807, 2.05) is 48.5 Å². The summed E-state index contributed by atoms with van der Waals surface area (Å²) in [4.78, 5) is 12.4. The summed E-state index contributed by atoms with van der Waals surface area (Å²) < 4.78 is 6.76. The van der Waals surface area contributed by atoms with Crippen molar-refractivity contribution in [2.24, 2.45) is 0 Å². The van der Waals surface area contributed by atoms with Crippen LogP contribution in [0.4, 0.5) is 0 Å². The molecule has 24 heavy (non-hydrogen) atoms. The molecule has 3 rings (SSSR count). The van der Waals surface area contributed by atoms with Crippen molar-refractivity contribution >= 4 is 21.8 Å². The molecule has 2 aromatic rings. The van der Waals surface area contributed by atoms with Gasteiger partial charge in [0.2, 0.25) is 0 Å². The van der Waals surface area contributed by atoms with Crippen molar-refractivity contribution in [1.29, 1.82) is 0 Å². The maximum atomic E-state index is 12.4. The molecule has 4 heteroatoms. The fourth-order valence-corrected chi connectivity index (χ4v) is 3.44. The number of para-hydroxylation sites is 1. The molecule has 1 saturated carbocycles. The zero-order valence-electron chi connectivity index (χ0n) is 13.6. The van der Waals surface area contributed by atoms with E-state index in [-0.39, 0.29) is 5.91 Å². The van der Waals surface area contributed by atoms with Crippen molar-refractivity contribution in [3.8, 4) is 5.75 Å². The lowest BCUT2D eigenvalue weighted by Gasteiger charge is -2.22. The van der Waals surface area contributed by atoms with Crippen molar-refractivity contribution in [3.05, 3.63) is 64.1 Å². The zero-order chi connectivity index (χ0) is 16.8. The van der Waals surface area contributed by atoms with E-state index in [2.05, 4.69) is 21.2 Å². The number of ether oxygens (including phenoxy) is 1. The molecule has 1 fully saturated rings. The Morgan fingerprint density at radius 3 is 2.67 bits per heavy atom. The Kier molecular flexibility index (Phi) is 5.91. The van der Waals surface area contributed by atoms with Gasteiger partial charge in [0.05, 0.1) is 4.47 Å². The molecule has 0 atom stereocenters. The molecule has 1 N–H and O–H groups in total. The van der Waals surface area contributed by atoms with Gasteiger partial charge in [0, 0.05) is 11.6 Å². The van der Waals surface area contributed by atoms with Gasteiger partial charge in [0.25, 0.3) is 5.91 Å². The lowest BCUT2D eigenvalue weighted by Crippen LogP contribution is -2.36. The number of carbonyl (C=O) groups is 1. The highest BCUT2D eigenvalue weighted by molar-refractivity contribution is 9.10. The summed E-state index contributed by atoms with van der Waals surface area (Å²) in [5, 5.41) is 3.16. The van der Waals surface area contributed by atoms with Crippen LogP contribution in [0, 0.1) is 0 Å². The highest BCUT2D eigenvalue weighted by atomic mass is 79.9. The molecular weight excluding hydrogens is 366 g/mol. The average Bonchev–Trinajstić information content (AvgIpc) is 2.62. The molecule has 0 radical (unpaired) electrons. The highest BCUT2D eigenvalue weighted by Gasteiger charge is 2.16. The number of rotatable bonds is 5. The van der Waals surface area contributed by atoms with Crippen LogP contribution in [0.15, 0.2) is 53.0 Å². The van der Waals surface area contributed by atoms with Crippen LogP contribution in [-0.2, 0) is 6.61 Å². The van der Waals surface area contributed by atoms with Crippen LogP contribution in [0.3, 0.4) is 0 Å². The Hall–Kier alpha value is -1.81. The Bertz CT molecular complexity index is 696. The predicted molar refractivity (Wildman–Crippen MR) is 99.3 cm³/mol. The molecule has 0 unspecified atom stereocenters. The third kappa shape index (κ3) is 4.60. The Morgan fingerprint density at radius 1 is 1.08 bits per heavy atom. The summed E-state index contributed by atoms with van der Waals surface area (Å²) >= 11 is 3.47. The predicted octanol–water partition coefficient (Wildman–Crippen LogP) is 5.09. The smallest absolute Gasteiger partial charge is 0.251 e.